The second kappa shape index (κ2) is 6.50. The molecular weight excluding hydrogens is 324 g/mol. The van der Waals surface area contributed by atoms with E-state index in [2.05, 4.69) is 10.3 Å². The quantitative estimate of drug-likeness (QED) is 0.830. The number of hydrogen-bond donors (Lipinski definition) is 2. The van der Waals surface area contributed by atoms with Crippen LogP contribution in [0.2, 0.25) is 5.02 Å². The van der Waals surface area contributed by atoms with Gasteiger partial charge < -0.3 is 10.4 Å². The molecule has 2 aromatic rings. The van der Waals surface area contributed by atoms with Gasteiger partial charge in [-0.05, 0) is 12.1 Å². The summed E-state index contributed by atoms with van der Waals surface area (Å²) in [5, 5.41) is 12.2. The van der Waals surface area contributed by atoms with Gasteiger partial charge in [0.2, 0.25) is 0 Å². The minimum atomic E-state index is -4.54. The number of aliphatic hydroxyl groups excluding tert-OH is 1. The van der Waals surface area contributed by atoms with E-state index >= 15 is 0 Å². The molecule has 1 unspecified atom stereocenters. The predicted molar refractivity (Wildman–Crippen MR) is 74.1 cm³/mol. The number of hydrogen-bond acceptors (Lipinski definition) is 3. The largest absolute Gasteiger partial charge is 0.417 e. The number of pyridine rings is 1. The van der Waals surface area contributed by atoms with Crippen molar-refractivity contribution in [3.05, 3.63) is 58.5 Å². The summed E-state index contributed by atoms with van der Waals surface area (Å²) in [7, 11) is 0. The first-order valence-electron chi connectivity index (χ1n) is 6.18. The first-order valence-corrected chi connectivity index (χ1v) is 6.56. The fourth-order valence-corrected chi connectivity index (χ4v) is 2.00. The van der Waals surface area contributed by atoms with E-state index < -0.39 is 23.7 Å². The van der Waals surface area contributed by atoms with E-state index in [0.29, 0.717) is 6.20 Å². The van der Waals surface area contributed by atoms with Crippen LogP contribution in [-0.2, 0) is 6.18 Å². The number of alkyl halides is 3. The van der Waals surface area contributed by atoms with Crippen molar-refractivity contribution in [2.24, 2.45) is 0 Å². The molecule has 1 heterocycles. The fraction of sp³-hybridized carbons (Fsp3) is 0.214. The molecule has 0 radical (unpaired) electrons. The Balaban J connectivity index is 2.07. The molecule has 1 atom stereocenters. The maximum Gasteiger partial charge on any atom is 0.417 e. The number of nitrogens with zero attached hydrogens (tertiary/aromatic N) is 1. The van der Waals surface area contributed by atoms with Crippen LogP contribution in [0.4, 0.5) is 23.4 Å². The number of halogens is 5. The Morgan fingerprint density at radius 3 is 2.55 bits per heavy atom. The van der Waals surface area contributed by atoms with Crippen molar-refractivity contribution in [3.63, 3.8) is 0 Å². The van der Waals surface area contributed by atoms with Gasteiger partial charge in [-0.15, -0.1) is 0 Å². The molecule has 0 amide bonds. The molecule has 2 N–H and O–H groups in total. The van der Waals surface area contributed by atoms with Crippen molar-refractivity contribution < 1.29 is 22.7 Å². The van der Waals surface area contributed by atoms with Gasteiger partial charge in [-0.2, -0.15) is 13.2 Å². The third-order valence-electron chi connectivity index (χ3n) is 2.90. The highest BCUT2D eigenvalue weighted by Gasteiger charge is 2.31. The highest BCUT2D eigenvalue weighted by Crippen LogP contribution is 2.32. The summed E-state index contributed by atoms with van der Waals surface area (Å²) in [6.45, 7) is -0.154. The van der Waals surface area contributed by atoms with Crippen LogP contribution < -0.4 is 5.32 Å². The second-order valence-electron chi connectivity index (χ2n) is 4.47. The average Bonchev–Trinajstić information content (AvgIpc) is 2.45. The van der Waals surface area contributed by atoms with Crippen LogP contribution in [0.3, 0.4) is 0 Å². The summed E-state index contributed by atoms with van der Waals surface area (Å²) in [5.41, 5.74) is -0.907. The second-order valence-corrected chi connectivity index (χ2v) is 4.88. The van der Waals surface area contributed by atoms with Crippen LogP contribution in [0.5, 0.6) is 0 Å². The van der Waals surface area contributed by atoms with E-state index in [1.807, 2.05) is 0 Å². The molecule has 0 bridgehead atoms. The lowest BCUT2D eigenvalue weighted by atomic mass is 10.1. The maximum absolute atomic E-state index is 13.5. The zero-order valence-electron chi connectivity index (χ0n) is 11.0. The molecule has 1 aromatic heterocycles. The Morgan fingerprint density at radius 2 is 1.95 bits per heavy atom. The summed E-state index contributed by atoms with van der Waals surface area (Å²) in [6, 6.07) is 6.37. The van der Waals surface area contributed by atoms with Crippen molar-refractivity contribution >= 4 is 17.4 Å². The zero-order valence-corrected chi connectivity index (χ0v) is 11.8. The zero-order chi connectivity index (χ0) is 16.3. The Bertz CT molecular complexity index is 664. The summed E-state index contributed by atoms with van der Waals surface area (Å²) >= 11 is 5.72. The summed E-state index contributed by atoms with van der Waals surface area (Å²) in [4.78, 5) is 3.56. The first kappa shape index (κ1) is 16.5. The molecule has 0 saturated carbocycles. The smallest absolute Gasteiger partial charge is 0.386 e. The van der Waals surface area contributed by atoms with Crippen molar-refractivity contribution in [3.8, 4) is 0 Å². The van der Waals surface area contributed by atoms with Crippen LogP contribution in [0.1, 0.15) is 17.2 Å². The molecule has 0 aliphatic carbocycles. The summed E-state index contributed by atoms with van der Waals surface area (Å²) in [6.07, 6.45) is -5.10. The number of benzene rings is 1. The van der Waals surface area contributed by atoms with Crippen LogP contribution in [-0.4, -0.2) is 16.6 Å². The van der Waals surface area contributed by atoms with E-state index in [9.17, 15) is 22.7 Å². The van der Waals surface area contributed by atoms with Crippen LogP contribution >= 0.6 is 11.6 Å². The first-order chi connectivity index (χ1) is 10.3. The molecule has 22 heavy (non-hydrogen) atoms. The Morgan fingerprint density at radius 1 is 1.27 bits per heavy atom. The highest BCUT2D eigenvalue weighted by molar-refractivity contribution is 6.32. The van der Waals surface area contributed by atoms with Gasteiger partial charge in [0.25, 0.3) is 0 Å². The number of anilines is 1. The van der Waals surface area contributed by atoms with Gasteiger partial charge >= 0.3 is 6.18 Å². The lowest BCUT2D eigenvalue weighted by Crippen LogP contribution is -2.15. The predicted octanol–water partition coefficient (Wildman–Crippen LogP) is 4.04. The third kappa shape index (κ3) is 3.86. The number of rotatable bonds is 4. The van der Waals surface area contributed by atoms with Gasteiger partial charge in [-0.25, -0.2) is 9.37 Å². The third-order valence-corrected chi connectivity index (χ3v) is 3.18. The van der Waals surface area contributed by atoms with E-state index in [1.165, 1.54) is 18.2 Å². The Labute approximate surface area is 128 Å². The standard InChI is InChI=1S/C14H11ClF4N2O/c15-10-5-8(14(17,18)19)6-20-13(10)21-7-12(22)9-3-1-2-4-11(9)16/h1-6,12,22H,7H2,(H,20,21). The van der Waals surface area contributed by atoms with Crippen LogP contribution in [0, 0.1) is 5.82 Å². The minimum absolute atomic E-state index is 0.0231. The van der Waals surface area contributed by atoms with Crippen LogP contribution in [0.15, 0.2) is 36.5 Å². The van der Waals surface area contributed by atoms with Crippen molar-refractivity contribution in [2.45, 2.75) is 12.3 Å². The van der Waals surface area contributed by atoms with Gasteiger partial charge in [-0.1, -0.05) is 29.8 Å². The molecule has 0 spiro atoms. The minimum Gasteiger partial charge on any atom is -0.386 e. The number of aliphatic hydroxyl groups is 1. The Hall–Kier alpha value is -1.86. The normalized spacial score (nSPS) is 13.0. The van der Waals surface area contributed by atoms with E-state index in [1.54, 1.807) is 6.07 Å². The molecule has 0 aliphatic rings. The number of nitrogens with one attached hydrogen (secondary N) is 1. The molecule has 0 saturated heterocycles. The molecule has 3 nitrogen and oxygen atoms in total. The molecule has 8 heteroatoms. The van der Waals surface area contributed by atoms with Crippen molar-refractivity contribution in [1.82, 2.24) is 4.98 Å². The molecule has 118 valence electrons. The molecule has 0 fully saturated rings. The molecular formula is C14H11ClF4N2O. The monoisotopic (exact) mass is 334 g/mol. The lowest BCUT2D eigenvalue weighted by Gasteiger charge is -2.15. The van der Waals surface area contributed by atoms with Crippen LogP contribution in [0.25, 0.3) is 0 Å². The lowest BCUT2D eigenvalue weighted by molar-refractivity contribution is -0.137. The van der Waals surface area contributed by atoms with Gasteiger partial charge in [0.1, 0.15) is 11.6 Å². The maximum atomic E-state index is 13.5. The van der Waals surface area contributed by atoms with Gasteiger partial charge in [-0.3, -0.25) is 0 Å². The number of aromatic nitrogens is 1. The summed E-state index contributed by atoms with van der Waals surface area (Å²) in [5.74, 6) is -0.603. The fourth-order valence-electron chi connectivity index (χ4n) is 1.77. The van der Waals surface area contributed by atoms with Crippen molar-refractivity contribution in [2.75, 3.05) is 11.9 Å². The average molecular weight is 335 g/mol. The highest BCUT2D eigenvalue weighted by atomic mass is 35.5. The molecule has 0 aliphatic heterocycles. The summed E-state index contributed by atoms with van der Waals surface area (Å²) < 4.78 is 50.9. The van der Waals surface area contributed by atoms with E-state index in [0.717, 1.165) is 6.07 Å². The van der Waals surface area contributed by atoms with Gasteiger partial charge in [0.05, 0.1) is 16.7 Å². The van der Waals surface area contributed by atoms with E-state index in [4.69, 9.17) is 11.6 Å². The van der Waals surface area contributed by atoms with Gasteiger partial charge in [0.15, 0.2) is 0 Å². The van der Waals surface area contributed by atoms with Crippen molar-refractivity contribution in [1.29, 1.82) is 0 Å². The molecule has 2 rings (SSSR count). The van der Waals surface area contributed by atoms with E-state index in [-0.39, 0.29) is 22.9 Å². The molecule has 1 aromatic carbocycles. The SMILES string of the molecule is OC(CNc1ncc(C(F)(F)F)cc1Cl)c1ccccc1F. The topological polar surface area (TPSA) is 45.1 Å². The Kier molecular flexibility index (Phi) is 4.87. The van der Waals surface area contributed by atoms with Gasteiger partial charge in [0, 0.05) is 18.3 Å².